The van der Waals surface area contributed by atoms with Gasteiger partial charge in [0.2, 0.25) is 10.0 Å². The summed E-state index contributed by atoms with van der Waals surface area (Å²) in [4.78, 5) is 0.285. The van der Waals surface area contributed by atoms with Gasteiger partial charge in [0.05, 0.1) is 11.5 Å². The highest BCUT2D eigenvalue weighted by molar-refractivity contribution is 7.89. The minimum atomic E-state index is -3.39. The summed E-state index contributed by atoms with van der Waals surface area (Å²) in [5, 5.41) is 0. The maximum atomic E-state index is 12.2. The highest BCUT2D eigenvalue weighted by Crippen LogP contribution is 2.19. The standard InChI is InChI=1S/C13H20ClNO3S/c1-3-10-15(2)19(16,17)13-7-5-12(6-8-13)18-11-4-9-14/h5-8H,3-4,9-11H2,1-2H3. The fourth-order valence-corrected chi connectivity index (χ4v) is 2.94. The monoisotopic (exact) mass is 305 g/mol. The molecule has 0 N–H and O–H groups in total. The van der Waals surface area contributed by atoms with Gasteiger partial charge in [-0.25, -0.2) is 12.7 Å². The molecular weight excluding hydrogens is 286 g/mol. The molecule has 0 aliphatic rings. The van der Waals surface area contributed by atoms with Gasteiger partial charge in [0.1, 0.15) is 5.75 Å². The van der Waals surface area contributed by atoms with Gasteiger partial charge in [0, 0.05) is 19.5 Å². The van der Waals surface area contributed by atoms with Crippen LogP contribution in [-0.4, -0.2) is 38.8 Å². The van der Waals surface area contributed by atoms with Crippen LogP contribution < -0.4 is 4.74 Å². The molecule has 0 amide bonds. The van der Waals surface area contributed by atoms with Crippen molar-refractivity contribution in [3.05, 3.63) is 24.3 Å². The summed E-state index contributed by atoms with van der Waals surface area (Å²) < 4.78 is 31.1. The summed E-state index contributed by atoms with van der Waals surface area (Å²) in [6, 6.07) is 6.47. The van der Waals surface area contributed by atoms with Crippen LogP contribution in [0.5, 0.6) is 5.75 Å². The van der Waals surface area contributed by atoms with Crippen molar-refractivity contribution in [3.63, 3.8) is 0 Å². The van der Waals surface area contributed by atoms with Crippen LogP contribution >= 0.6 is 11.6 Å². The third kappa shape index (κ3) is 4.67. The van der Waals surface area contributed by atoms with E-state index in [9.17, 15) is 8.42 Å². The van der Waals surface area contributed by atoms with E-state index in [-0.39, 0.29) is 4.90 Å². The number of sulfonamides is 1. The average Bonchev–Trinajstić information content (AvgIpc) is 2.40. The Kier molecular flexibility index (Phi) is 6.62. The summed E-state index contributed by atoms with van der Waals surface area (Å²) >= 11 is 5.55. The zero-order chi connectivity index (χ0) is 14.3. The van der Waals surface area contributed by atoms with Crippen molar-refractivity contribution in [3.8, 4) is 5.75 Å². The predicted octanol–water partition coefficient (Wildman–Crippen LogP) is 2.72. The molecule has 0 aromatic heterocycles. The lowest BCUT2D eigenvalue weighted by Gasteiger charge is -2.16. The lowest BCUT2D eigenvalue weighted by atomic mass is 10.3. The Morgan fingerprint density at radius 3 is 2.42 bits per heavy atom. The molecule has 0 aliphatic heterocycles. The second-order valence-electron chi connectivity index (χ2n) is 4.19. The fourth-order valence-electron chi connectivity index (χ4n) is 1.57. The van der Waals surface area contributed by atoms with Gasteiger partial charge in [-0.05, 0) is 37.1 Å². The molecule has 0 aliphatic carbocycles. The van der Waals surface area contributed by atoms with E-state index in [2.05, 4.69) is 0 Å². The van der Waals surface area contributed by atoms with E-state index in [0.29, 0.717) is 24.8 Å². The summed E-state index contributed by atoms with van der Waals surface area (Å²) in [6.07, 6.45) is 1.55. The molecule has 0 unspecified atom stereocenters. The van der Waals surface area contributed by atoms with Crippen LogP contribution in [0.4, 0.5) is 0 Å². The molecule has 0 saturated heterocycles. The van der Waals surface area contributed by atoms with Crippen LogP contribution in [0.3, 0.4) is 0 Å². The summed E-state index contributed by atoms with van der Waals surface area (Å²) in [5.74, 6) is 1.20. The smallest absolute Gasteiger partial charge is 0.242 e. The third-order valence-corrected chi connectivity index (χ3v) is 4.76. The van der Waals surface area contributed by atoms with E-state index in [0.717, 1.165) is 12.8 Å². The van der Waals surface area contributed by atoms with E-state index < -0.39 is 10.0 Å². The van der Waals surface area contributed by atoms with Gasteiger partial charge in [-0.1, -0.05) is 6.92 Å². The SMILES string of the molecule is CCCN(C)S(=O)(=O)c1ccc(OCCCCl)cc1. The lowest BCUT2D eigenvalue weighted by molar-refractivity contribution is 0.318. The van der Waals surface area contributed by atoms with E-state index >= 15 is 0 Å². The molecule has 1 aromatic rings. The van der Waals surface area contributed by atoms with Crippen molar-refractivity contribution in [1.82, 2.24) is 4.31 Å². The molecule has 0 fully saturated rings. The minimum Gasteiger partial charge on any atom is -0.494 e. The molecule has 0 bridgehead atoms. The van der Waals surface area contributed by atoms with Crippen molar-refractivity contribution in [2.75, 3.05) is 26.1 Å². The Labute approximate surface area is 120 Å². The Bertz CT molecular complexity index is 473. The largest absolute Gasteiger partial charge is 0.494 e. The lowest BCUT2D eigenvalue weighted by Crippen LogP contribution is -2.27. The van der Waals surface area contributed by atoms with Gasteiger partial charge >= 0.3 is 0 Å². The molecule has 4 nitrogen and oxygen atoms in total. The average molecular weight is 306 g/mol. The van der Waals surface area contributed by atoms with E-state index in [1.54, 1.807) is 31.3 Å². The zero-order valence-electron chi connectivity index (χ0n) is 11.3. The molecule has 0 heterocycles. The third-order valence-electron chi connectivity index (χ3n) is 2.62. The van der Waals surface area contributed by atoms with Crippen molar-refractivity contribution < 1.29 is 13.2 Å². The first-order valence-electron chi connectivity index (χ1n) is 6.27. The maximum Gasteiger partial charge on any atom is 0.242 e. The van der Waals surface area contributed by atoms with E-state index in [1.807, 2.05) is 6.92 Å². The quantitative estimate of drug-likeness (QED) is 0.548. The predicted molar refractivity (Wildman–Crippen MR) is 77.4 cm³/mol. The first kappa shape index (κ1) is 16.3. The number of benzene rings is 1. The molecule has 0 atom stereocenters. The molecule has 1 rings (SSSR count). The summed E-state index contributed by atoms with van der Waals surface area (Å²) in [7, 11) is -1.80. The van der Waals surface area contributed by atoms with Crippen molar-refractivity contribution >= 4 is 21.6 Å². The van der Waals surface area contributed by atoms with E-state index in [4.69, 9.17) is 16.3 Å². The fraction of sp³-hybridized carbons (Fsp3) is 0.538. The Hall–Kier alpha value is -0.780. The Morgan fingerprint density at radius 2 is 1.89 bits per heavy atom. The highest BCUT2D eigenvalue weighted by atomic mass is 35.5. The topological polar surface area (TPSA) is 46.6 Å². The van der Waals surface area contributed by atoms with Gasteiger partial charge in [0.15, 0.2) is 0 Å². The number of halogens is 1. The van der Waals surface area contributed by atoms with Crippen LogP contribution in [0, 0.1) is 0 Å². The van der Waals surface area contributed by atoms with Gasteiger partial charge in [0.25, 0.3) is 0 Å². The summed E-state index contributed by atoms with van der Waals surface area (Å²) in [6.45, 7) is 2.99. The second kappa shape index (κ2) is 7.72. The number of rotatable bonds is 8. The number of ether oxygens (including phenoxy) is 1. The normalized spacial score (nSPS) is 11.8. The number of alkyl halides is 1. The molecule has 6 heteroatoms. The van der Waals surface area contributed by atoms with Crippen LogP contribution in [0.1, 0.15) is 19.8 Å². The van der Waals surface area contributed by atoms with Crippen LogP contribution in [-0.2, 0) is 10.0 Å². The highest BCUT2D eigenvalue weighted by Gasteiger charge is 2.19. The molecule has 19 heavy (non-hydrogen) atoms. The Balaban J connectivity index is 2.75. The van der Waals surface area contributed by atoms with Gasteiger partial charge in [-0.2, -0.15) is 0 Å². The maximum absolute atomic E-state index is 12.2. The molecule has 1 aromatic carbocycles. The minimum absolute atomic E-state index is 0.285. The van der Waals surface area contributed by atoms with E-state index in [1.165, 1.54) is 4.31 Å². The molecular formula is C13H20ClNO3S. The van der Waals surface area contributed by atoms with Crippen molar-refractivity contribution in [2.45, 2.75) is 24.7 Å². The van der Waals surface area contributed by atoms with Crippen LogP contribution in [0.25, 0.3) is 0 Å². The number of nitrogens with zero attached hydrogens (tertiary/aromatic N) is 1. The first-order valence-corrected chi connectivity index (χ1v) is 8.25. The molecule has 108 valence electrons. The molecule has 0 spiro atoms. The summed E-state index contributed by atoms with van der Waals surface area (Å²) in [5.41, 5.74) is 0. The van der Waals surface area contributed by atoms with Crippen LogP contribution in [0.2, 0.25) is 0 Å². The molecule has 0 radical (unpaired) electrons. The second-order valence-corrected chi connectivity index (χ2v) is 6.61. The van der Waals surface area contributed by atoms with Crippen molar-refractivity contribution in [2.24, 2.45) is 0 Å². The number of hydrogen-bond acceptors (Lipinski definition) is 3. The van der Waals surface area contributed by atoms with Gasteiger partial charge < -0.3 is 4.74 Å². The Morgan fingerprint density at radius 1 is 1.26 bits per heavy atom. The van der Waals surface area contributed by atoms with Crippen molar-refractivity contribution in [1.29, 1.82) is 0 Å². The van der Waals surface area contributed by atoms with Gasteiger partial charge in [-0.3, -0.25) is 0 Å². The number of hydrogen-bond donors (Lipinski definition) is 0. The van der Waals surface area contributed by atoms with Crippen LogP contribution in [0.15, 0.2) is 29.2 Å². The van der Waals surface area contributed by atoms with Gasteiger partial charge in [-0.15, -0.1) is 11.6 Å². The molecule has 0 saturated carbocycles. The first-order chi connectivity index (χ1) is 9.02. The zero-order valence-corrected chi connectivity index (χ0v) is 12.9.